The van der Waals surface area contributed by atoms with Gasteiger partial charge in [0.05, 0.1) is 5.56 Å². The number of benzene rings is 3. The number of hydrogen-bond donors (Lipinski definition) is 2. The number of aromatic carboxylic acids is 1. The number of carbonyl (C=O) groups is 1. The van der Waals surface area contributed by atoms with E-state index in [1.54, 1.807) is 12.1 Å². The second kappa shape index (κ2) is 6.87. The molecule has 3 N–H and O–H groups in total. The van der Waals surface area contributed by atoms with E-state index in [2.05, 4.69) is 0 Å². The number of rotatable bonds is 5. The van der Waals surface area contributed by atoms with Crippen LogP contribution in [0.25, 0.3) is 11.1 Å². The topological polar surface area (TPSA) is 72.5 Å². The van der Waals surface area contributed by atoms with Gasteiger partial charge < -0.3 is 15.6 Å². The van der Waals surface area contributed by atoms with E-state index < -0.39 is 5.97 Å². The summed E-state index contributed by atoms with van der Waals surface area (Å²) < 4.78 is 5.75. The predicted octanol–water partition coefficient (Wildman–Crippen LogP) is 4.21. The van der Waals surface area contributed by atoms with Gasteiger partial charge in [-0.25, -0.2) is 4.79 Å². The van der Waals surface area contributed by atoms with Crippen LogP contribution in [0.3, 0.4) is 0 Å². The van der Waals surface area contributed by atoms with Crippen molar-refractivity contribution in [3.05, 3.63) is 83.9 Å². The third kappa shape index (κ3) is 3.55. The van der Waals surface area contributed by atoms with Gasteiger partial charge in [-0.1, -0.05) is 48.5 Å². The van der Waals surface area contributed by atoms with Crippen LogP contribution in [0.2, 0.25) is 0 Å². The lowest BCUT2D eigenvalue weighted by molar-refractivity contribution is 0.0698. The molecule has 0 aliphatic rings. The molecule has 0 aliphatic carbocycles. The maximum absolute atomic E-state index is 11.2. The minimum Gasteiger partial charge on any atom is -0.489 e. The largest absolute Gasteiger partial charge is 0.489 e. The maximum atomic E-state index is 11.2. The summed E-state index contributed by atoms with van der Waals surface area (Å²) in [5.41, 5.74) is 8.87. The zero-order chi connectivity index (χ0) is 16.9. The van der Waals surface area contributed by atoms with Crippen LogP contribution in [0.15, 0.2) is 72.8 Å². The van der Waals surface area contributed by atoms with Gasteiger partial charge in [0.15, 0.2) is 0 Å². The summed E-state index contributed by atoms with van der Waals surface area (Å²) in [7, 11) is 0. The second-order valence-electron chi connectivity index (χ2n) is 5.41. The predicted molar refractivity (Wildman–Crippen MR) is 94.0 cm³/mol. The summed E-state index contributed by atoms with van der Waals surface area (Å²) in [4.78, 5) is 11.2. The zero-order valence-electron chi connectivity index (χ0n) is 13.0. The molecule has 0 spiro atoms. The fourth-order valence-electron chi connectivity index (χ4n) is 2.41. The first kappa shape index (κ1) is 15.6. The van der Waals surface area contributed by atoms with Crippen LogP contribution >= 0.6 is 0 Å². The normalized spacial score (nSPS) is 10.3. The molecule has 0 bridgehead atoms. The Balaban J connectivity index is 1.75. The molecule has 4 heteroatoms. The Hall–Kier alpha value is -3.27. The van der Waals surface area contributed by atoms with Crippen molar-refractivity contribution in [2.45, 2.75) is 6.61 Å². The monoisotopic (exact) mass is 319 g/mol. The molecule has 0 fully saturated rings. The SMILES string of the molecule is Nc1ccc(-c2ccc(OCc3ccccc3)cc2)cc1C(=O)O. The Morgan fingerprint density at radius 2 is 1.58 bits per heavy atom. The third-order valence-electron chi connectivity index (χ3n) is 3.72. The molecule has 0 saturated heterocycles. The van der Waals surface area contributed by atoms with Crippen molar-refractivity contribution in [1.29, 1.82) is 0 Å². The van der Waals surface area contributed by atoms with Crippen molar-refractivity contribution in [3.8, 4) is 16.9 Å². The molecule has 0 amide bonds. The molecular weight excluding hydrogens is 302 g/mol. The van der Waals surface area contributed by atoms with Crippen LogP contribution in [-0.2, 0) is 6.61 Å². The lowest BCUT2D eigenvalue weighted by Gasteiger charge is -2.09. The van der Waals surface area contributed by atoms with Crippen molar-refractivity contribution in [2.75, 3.05) is 5.73 Å². The Morgan fingerprint density at radius 3 is 2.25 bits per heavy atom. The Morgan fingerprint density at radius 1 is 0.917 bits per heavy atom. The molecule has 0 atom stereocenters. The standard InChI is InChI=1S/C20H17NO3/c21-19-11-8-16(12-18(19)20(22)23)15-6-9-17(10-7-15)24-13-14-4-2-1-3-5-14/h1-12H,13,21H2,(H,22,23). The van der Waals surface area contributed by atoms with Gasteiger partial charge in [-0.15, -0.1) is 0 Å². The van der Waals surface area contributed by atoms with Crippen LogP contribution in [0, 0.1) is 0 Å². The molecule has 0 unspecified atom stereocenters. The van der Waals surface area contributed by atoms with Crippen molar-refractivity contribution < 1.29 is 14.6 Å². The first-order chi connectivity index (χ1) is 11.6. The first-order valence-electron chi connectivity index (χ1n) is 7.53. The third-order valence-corrected chi connectivity index (χ3v) is 3.72. The van der Waals surface area contributed by atoms with Crippen molar-refractivity contribution in [1.82, 2.24) is 0 Å². The van der Waals surface area contributed by atoms with Gasteiger partial charge in [0.25, 0.3) is 0 Å². The molecule has 4 nitrogen and oxygen atoms in total. The number of nitrogen functional groups attached to an aromatic ring is 1. The molecular formula is C20H17NO3. The van der Waals surface area contributed by atoms with Gasteiger partial charge in [-0.3, -0.25) is 0 Å². The van der Waals surface area contributed by atoms with Crippen molar-refractivity contribution in [3.63, 3.8) is 0 Å². The van der Waals surface area contributed by atoms with E-state index in [1.165, 1.54) is 0 Å². The highest BCUT2D eigenvalue weighted by atomic mass is 16.5. The second-order valence-corrected chi connectivity index (χ2v) is 5.41. The van der Waals surface area contributed by atoms with Gasteiger partial charge in [-0.05, 0) is 41.0 Å². The van der Waals surface area contributed by atoms with E-state index in [4.69, 9.17) is 15.6 Å². The smallest absolute Gasteiger partial charge is 0.337 e. The van der Waals surface area contributed by atoms with E-state index in [1.807, 2.05) is 60.7 Å². The number of carboxylic acid groups (broad SMARTS) is 1. The van der Waals surface area contributed by atoms with E-state index >= 15 is 0 Å². The molecule has 0 aliphatic heterocycles. The van der Waals surface area contributed by atoms with E-state index in [9.17, 15) is 4.79 Å². The van der Waals surface area contributed by atoms with Gasteiger partial charge in [0.2, 0.25) is 0 Å². The molecule has 24 heavy (non-hydrogen) atoms. The van der Waals surface area contributed by atoms with Gasteiger partial charge >= 0.3 is 5.97 Å². The number of hydrogen-bond acceptors (Lipinski definition) is 3. The summed E-state index contributed by atoms with van der Waals surface area (Å²) in [5, 5.41) is 9.16. The minimum absolute atomic E-state index is 0.108. The highest BCUT2D eigenvalue weighted by molar-refractivity contribution is 5.95. The fraction of sp³-hybridized carbons (Fsp3) is 0.0500. The van der Waals surface area contributed by atoms with E-state index in [0.29, 0.717) is 6.61 Å². The van der Waals surface area contributed by atoms with Crippen LogP contribution in [0.5, 0.6) is 5.75 Å². The lowest BCUT2D eigenvalue weighted by Crippen LogP contribution is -2.02. The number of anilines is 1. The van der Waals surface area contributed by atoms with E-state index in [0.717, 1.165) is 22.4 Å². The maximum Gasteiger partial charge on any atom is 0.337 e. The van der Waals surface area contributed by atoms with Crippen LogP contribution in [0.1, 0.15) is 15.9 Å². The van der Waals surface area contributed by atoms with Crippen molar-refractivity contribution in [2.24, 2.45) is 0 Å². The van der Waals surface area contributed by atoms with E-state index in [-0.39, 0.29) is 11.3 Å². The molecule has 3 aromatic rings. The average Bonchev–Trinajstić information content (AvgIpc) is 2.61. The van der Waals surface area contributed by atoms with Crippen LogP contribution in [-0.4, -0.2) is 11.1 Å². The number of nitrogens with two attached hydrogens (primary N) is 1. The van der Waals surface area contributed by atoms with Crippen LogP contribution < -0.4 is 10.5 Å². The van der Waals surface area contributed by atoms with Gasteiger partial charge in [-0.2, -0.15) is 0 Å². The molecule has 0 radical (unpaired) electrons. The summed E-state index contributed by atoms with van der Waals surface area (Å²) in [6.07, 6.45) is 0. The molecule has 120 valence electrons. The van der Waals surface area contributed by atoms with Crippen LogP contribution in [0.4, 0.5) is 5.69 Å². The molecule has 3 aromatic carbocycles. The number of ether oxygens (including phenoxy) is 1. The molecule has 3 rings (SSSR count). The lowest BCUT2D eigenvalue weighted by atomic mass is 10.0. The summed E-state index contributed by atoms with van der Waals surface area (Å²) >= 11 is 0. The summed E-state index contributed by atoms with van der Waals surface area (Å²) in [6, 6.07) is 22.5. The minimum atomic E-state index is -1.03. The summed E-state index contributed by atoms with van der Waals surface area (Å²) in [6.45, 7) is 0.505. The molecule has 0 aromatic heterocycles. The first-order valence-corrected chi connectivity index (χ1v) is 7.53. The zero-order valence-corrected chi connectivity index (χ0v) is 13.0. The Labute approximate surface area is 140 Å². The fourth-order valence-corrected chi connectivity index (χ4v) is 2.41. The van der Waals surface area contributed by atoms with Gasteiger partial charge in [0, 0.05) is 5.69 Å². The average molecular weight is 319 g/mol. The highest BCUT2D eigenvalue weighted by Gasteiger charge is 2.09. The van der Waals surface area contributed by atoms with Crippen molar-refractivity contribution >= 4 is 11.7 Å². The van der Waals surface area contributed by atoms with Gasteiger partial charge in [0.1, 0.15) is 12.4 Å². The number of carboxylic acids is 1. The molecule has 0 heterocycles. The Kier molecular flexibility index (Phi) is 4.47. The Bertz CT molecular complexity index is 843. The highest BCUT2D eigenvalue weighted by Crippen LogP contribution is 2.26. The quantitative estimate of drug-likeness (QED) is 0.691. The molecule has 0 saturated carbocycles. The summed E-state index contributed by atoms with van der Waals surface area (Å²) in [5.74, 6) is -0.270.